The fourth-order valence-corrected chi connectivity index (χ4v) is 4.00. The summed E-state index contributed by atoms with van der Waals surface area (Å²) in [5.41, 5.74) is -1.81. The van der Waals surface area contributed by atoms with E-state index in [1.165, 1.54) is 12.1 Å². The minimum Gasteiger partial charge on any atom is -0.317 e. The molecule has 4 rings (SSSR count). The van der Waals surface area contributed by atoms with Gasteiger partial charge in [-0.1, -0.05) is 0 Å². The Labute approximate surface area is 155 Å². The van der Waals surface area contributed by atoms with Gasteiger partial charge in [0.1, 0.15) is 17.1 Å². The SMILES string of the molecule is O=C1NC(c2ccc(C(F)(F)F)nc2-c2ccc(F)s2)=NC12CCNCC2. The molecule has 2 aromatic heterocycles. The monoisotopic (exact) mass is 398 g/mol. The van der Waals surface area contributed by atoms with Gasteiger partial charge in [-0.05, 0) is 50.2 Å². The summed E-state index contributed by atoms with van der Waals surface area (Å²) in [6.45, 7) is 1.25. The van der Waals surface area contributed by atoms with Crippen LogP contribution in [0.1, 0.15) is 24.1 Å². The van der Waals surface area contributed by atoms with Crippen LogP contribution in [0.4, 0.5) is 17.6 Å². The Bertz CT molecular complexity index is 931. The predicted molar refractivity (Wildman–Crippen MR) is 92.0 cm³/mol. The molecule has 2 aliphatic heterocycles. The molecule has 2 aliphatic rings. The lowest BCUT2D eigenvalue weighted by atomic mass is 9.89. The number of thiophene rings is 1. The van der Waals surface area contributed by atoms with Crippen molar-refractivity contribution in [3.05, 3.63) is 40.7 Å². The molecule has 2 N–H and O–H groups in total. The number of hydrogen-bond donors (Lipinski definition) is 2. The van der Waals surface area contributed by atoms with E-state index in [1.54, 1.807) is 0 Å². The quantitative estimate of drug-likeness (QED) is 0.765. The van der Waals surface area contributed by atoms with Gasteiger partial charge in [0.15, 0.2) is 5.13 Å². The third-order valence-corrected chi connectivity index (χ3v) is 5.54. The maximum atomic E-state index is 13.5. The van der Waals surface area contributed by atoms with E-state index >= 15 is 0 Å². The molecule has 0 radical (unpaired) electrons. The second-order valence-electron chi connectivity index (χ2n) is 6.39. The molecule has 0 bridgehead atoms. The Morgan fingerprint density at radius 3 is 2.48 bits per heavy atom. The van der Waals surface area contributed by atoms with Crippen LogP contribution in [-0.4, -0.2) is 35.4 Å². The summed E-state index contributed by atoms with van der Waals surface area (Å²) >= 11 is 0.687. The molecule has 2 aromatic rings. The number of aliphatic imine (C=N–C) groups is 1. The molecule has 1 amide bonds. The summed E-state index contributed by atoms with van der Waals surface area (Å²) in [5, 5.41) is 5.29. The molecule has 5 nitrogen and oxygen atoms in total. The molecule has 0 aromatic carbocycles. The van der Waals surface area contributed by atoms with Gasteiger partial charge < -0.3 is 10.6 Å². The van der Waals surface area contributed by atoms with Crippen LogP contribution in [0.2, 0.25) is 0 Å². The summed E-state index contributed by atoms with van der Waals surface area (Å²) in [5.74, 6) is -0.103. The van der Waals surface area contributed by atoms with E-state index in [9.17, 15) is 22.4 Å². The summed E-state index contributed by atoms with van der Waals surface area (Å²) in [6.07, 6.45) is -3.64. The lowest BCUT2D eigenvalue weighted by Crippen LogP contribution is -2.47. The highest BCUT2D eigenvalue weighted by Crippen LogP contribution is 2.36. The minimum atomic E-state index is -4.64. The molecular weight excluding hydrogens is 384 g/mol. The molecule has 0 saturated carbocycles. The van der Waals surface area contributed by atoms with Crippen LogP contribution in [0.25, 0.3) is 10.6 Å². The number of rotatable bonds is 2. The van der Waals surface area contributed by atoms with Gasteiger partial charge in [0, 0.05) is 5.56 Å². The van der Waals surface area contributed by atoms with Crippen LogP contribution in [0, 0.1) is 5.13 Å². The second-order valence-corrected chi connectivity index (χ2v) is 7.42. The Hall–Kier alpha value is -2.33. The molecule has 27 heavy (non-hydrogen) atoms. The number of halogens is 4. The number of carbonyl (C=O) groups excluding carboxylic acids is 1. The lowest BCUT2D eigenvalue weighted by Gasteiger charge is -2.28. The van der Waals surface area contributed by atoms with E-state index in [0.29, 0.717) is 37.3 Å². The number of amidine groups is 1. The van der Waals surface area contributed by atoms with Crippen molar-refractivity contribution < 1.29 is 22.4 Å². The number of pyridine rings is 1. The average molecular weight is 398 g/mol. The zero-order valence-electron chi connectivity index (χ0n) is 13.9. The normalized spacial score (nSPS) is 19.3. The van der Waals surface area contributed by atoms with Gasteiger partial charge >= 0.3 is 6.18 Å². The lowest BCUT2D eigenvalue weighted by molar-refractivity contribution is -0.141. The maximum absolute atomic E-state index is 13.5. The van der Waals surface area contributed by atoms with Gasteiger partial charge in [0.2, 0.25) is 0 Å². The fraction of sp³-hybridized carbons (Fsp3) is 0.353. The van der Waals surface area contributed by atoms with Crippen LogP contribution < -0.4 is 10.6 Å². The van der Waals surface area contributed by atoms with Gasteiger partial charge in [-0.25, -0.2) is 4.98 Å². The van der Waals surface area contributed by atoms with Crippen LogP contribution in [0.15, 0.2) is 29.3 Å². The largest absolute Gasteiger partial charge is 0.433 e. The fourth-order valence-electron chi connectivity index (χ4n) is 3.26. The molecule has 142 valence electrons. The molecule has 1 spiro atoms. The first-order valence-electron chi connectivity index (χ1n) is 8.25. The Kier molecular flexibility index (Phi) is 4.26. The van der Waals surface area contributed by atoms with Gasteiger partial charge in [-0.3, -0.25) is 9.79 Å². The molecule has 0 atom stereocenters. The van der Waals surface area contributed by atoms with Crippen LogP contribution in [0.5, 0.6) is 0 Å². The predicted octanol–water partition coefficient (Wildman–Crippen LogP) is 2.97. The van der Waals surface area contributed by atoms with Crippen molar-refractivity contribution in [2.45, 2.75) is 24.6 Å². The van der Waals surface area contributed by atoms with Gasteiger partial charge in [-0.2, -0.15) is 17.6 Å². The number of carbonyl (C=O) groups is 1. The number of alkyl halides is 3. The van der Waals surface area contributed by atoms with Crippen molar-refractivity contribution in [1.29, 1.82) is 0 Å². The van der Waals surface area contributed by atoms with Crippen LogP contribution in [-0.2, 0) is 11.0 Å². The van der Waals surface area contributed by atoms with E-state index in [4.69, 9.17) is 0 Å². The third-order valence-electron chi connectivity index (χ3n) is 4.66. The molecule has 0 aliphatic carbocycles. The second kappa shape index (κ2) is 6.38. The van der Waals surface area contributed by atoms with Crippen LogP contribution in [0.3, 0.4) is 0 Å². The summed E-state index contributed by atoms with van der Waals surface area (Å²) in [6, 6.07) is 4.59. The van der Waals surface area contributed by atoms with E-state index in [0.717, 1.165) is 12.1 Å². The first kappa shape index (κ1) is 18.1. The average Bonchev–Trinajstić information content (AvgIpc) is 3.19. The number of nitrogens with zero attached hydrogens (tertiary/aromatic N) is 2. The zero-order chi connectivity index (χ0) is 19.2. The summed E-state index contributed by atoms with van der Waals surface area (Å²) in [7, 11) is 0. The van der Waals surface area contributed by atoms with Crippen molar-refractivity contribution in [2.75, 3.05) is 13.1 Å². The Morgan fingerprint density at radius 1 is 1.11 bits per heavy atom. The highest BCUT2D eigenvalue weighted by Gasteiger charge is 2.45. The van der Waals surface area contributed by atoms with Crippen molar-refractivity contribution >= 4 is 23.1 Å². The standard InChI is InChI=1S/C17H14F4N4OS/c18-12-4-2-10(27-12)13-9(1-3-11(23-13)17(19,20)21)14-24-15(26)16(25-14)5-7-22-8-6-16/h1-4,22H,5-8H2,(H,24,25,26). The number of nitrogens with one attached hydrogen (secondary N) is 2. The smallest absolute Gasteiger partial charge is 0.317 e. The first-order valence-corrected chi connectivity index (χ1v) is 9.06. The Balaban J connectivity index is 1.83. The number of piperidine rings is 1. The molecule has 10 heteroatoms. The highest BCUT2D eigenvalue weighted by atomic mass is 32.1. The minimum absolute atomic E-state index is 0.0521. The highest BCUT2D eigenvalue weighted by molar-refractivity contribution is 7.13. The summed E-state index contributed by atoms with van der Waals surface area (Å²) < 4.78 is 52.8. The molecular formula is C17H14F4N4OS. The molecule has 1 fully saturated rings. The first-order chi connectivity index (χ1) is 12.8. The molecule has 0 unspecified atom stereocenters. The van der Waals surface area contributed by atoms with Crippen molar-refractivity contribution in [3.8, 4) is 10.6 Å². The van der Waals surface area contributed by atoms with Gasteiger partial charge in [0.05, 0.1) is 10.6 Å². The van der Waals surface area contributed by atoms with Gasteiger partial charge in [-0.15, -0.1) is 11.3 Å². The number of amides is 1. The molecule has 1 saturated heterocycles. The van der Waals surface area contributed by atoms with Crippen molar-refractivity contribution in [1.82, 2.24) is 15.6 Å². The summed E-state index contributed by atoms with van der Waals surface area (Å²) in [4.78, 5) is 21.0. The van der Waals surface area contributed by atoms with Crippen LogP contribution >= 0.6 is 11.3 Å². The zero-order valence-corrected chi connectivity index (χ0v) is 14.7. The molecule has 4 heterocycles. The van der Waals surface area contributed by atoms with Crippen molar-refractivity contribution in [2.24, 2.45) is 4.99 Å². The van der Waals surface area contributed by atoms with E-state index < -0.39 is 22.5 Å². The maximum Gasteiger partial charge on any atom is 0.433 e. The van der Waals surface area contributed by atoms with E-state index in [1.807, 2.05) is 0 Å². The van der Waals surface area contributed by atoms with E-state index in [2.05, 4.69) is 20.6 Å². The number of hydrogen-bond acceptors (Lipinski definition) is 5. The number of aromatic nitrogens is 1. The van der Waals surface area contributed by atoms with Crippen molar-refractivity contribution in [3.63, 3.8) is 0 Å². The van der Waals surface area contributed by atoms with E-state index in [-0.39, 0.29) is 27.9 Å². The Morgan fingerprint density at radius 2 is 1.85 bits per heavy atom. The van der Waals surface area contributed by atoms with Gasteiger partial charge in [0.25, 0.3) is 5.91 Å². The third kappa shape index (κ3) is 3.23. The topological polar surface area (TPSA) is 66.4 Å².